The molecule has 0 heterocycles. The van der Waals surface area contributed by atoms with Crippen LogP contribution < -0.4 is 70.6 Å². The molecule has 0 bridgehead atoms. The van der Waals surface area contributed by atoms with E-state index < -0.39 is 50.8 Å². The fourth-order valence-electron chi connectivity index (χ4n) is 3.84. The van der Waals surface area contributed by atoms with Gasteiger partial charge in [0.05, 0.1) is 26.9 Å². The van der Waals surface area contributed by atoms with Gasteiger partial charge in [0.15, 0.2) is 0 Å². The molecule has 0 atom stereocenters. The van der Waals surface area contributed by atoms with Gasteiger partial charge in [0, 0.05) is 0 Å². The zero-order valence-corrected chi connectivity index (χ0v) is 28.0. The predicted molar refractivity (Wildman–Crippen MR) is 134 cm³/mol. The van der Waals surface area contributed by atoms with Crippen molar-refractivity contribution in [3.63, 3.8) is 0 Å². The van der Waals surface area contributed by atoms with E-state index in [0.29, 0.717) is 0 Å². The van der Waals surface area contributed by atoms with Crippen molar-refractivity contribution >= 4 is 53.0 Å². The Morgan fingerprint density at radius 2 is 1.15 bits per heavy atom. The van der Waals surface area contributed by atoms with E-state index in [1.165, 1.54) is 39.0 Å². The van der Waals surface area contributed by atoms with Crippen molar-refractivity contribution in [2.45, 2.75) is 30.6 Å². The molecular weight excluding hydrogens is 592 g/mol. The van der Waals surface area contributed by atoms with E-state index in [0.717, 1.165) is 18.2 Å². The third kappa shape index (κ3) is 7.49. The summed E-state index contributed by atoms with van der Waals surface area (Å²) >= 11 is 0. The first kappa shape index (κ1) is 35.7. The third-order valence-electron chi connectivity index (χ3n) is 5.68. The number of aryl methyl sites for hydroxylation is 2. The summed E-state index contributed by atoms with van der Waals surface area (Å²) in [6, 6.07) is 4.59. The van der Waals surface area contributed by atoms with E-state index in [9.17, 15) is 38.9 Å². The van der Waals surface area contributed by atoms with Crippen LogP contribution in [0.5, 0.6) is 0 Å². The van der Waals surface area contributed by atoms with Crippen LogP contribution in [0.4, 0.5) is 11.4 Å². The van der Waals surface area contributed by atoms with Gasteiger partial charge in [-0.3, -0.25) is 9.96 Å². The summed E-state index contributed by atoms with van der Waals surface area (Å²) < 4.78 is 105. The first-order chi connectivity index (χ1) is 16.7. The standard InChI is InChI=1S/C22H23N3O9S3.2Na/c1-10-4-13(7-16(20(10)23)35(26,27)28)19(14-5-11(2)21(24)17(8-14)36(29,30)31)15-6-12(3)22(25)18(9-15)37(32,33)34;;/h4-9,23H,24-25H2,1-3H3,(H,26,27,28)(H,29,30,31)(H,32,33,34);;/q;2*+1/p-2. The van der Waals surface area contributed by atoms with Gasteiger partial charge < -0.3 is 20.6 Å². The molecule has 0 aliphatic heterocycles. The van der Waals surface area contributed by atoms with E-state index in [2.05, 4.69) is 0 Å². The molecule has 0 saturated carbocycles. The molecule has 198 valence electrons. The first-order valence-electron chi connectivity index (χ1n) is 10.2. The van der Waals surface area contributed by atoms with Gasteiger partial charge in [-0.2, -0.15) is 8.42 Å². The van der Waals surface area contributed by atoms with Crippen molar-refractivity contribution in [1.29, 1.82) is 5.41 Å². The second-order valence-electron chi connectivity index (χ2n) is 8.33. The van der Waals surface area contributed by atoms with Crippen LogP contribution in [0.2, 0.25) is 0 Å². The van der Waals surface area contributed by atoms with Crippen LogP contribution in [0.3, 0.4) is 0 Å². The number of nitrogen functional groups attached to an aromatic ring is 2. The monoisotopic (exact) mass is 613 g/mol. The Kier molecular flexibility index (Phi) is 11.2. The van der Waals surface area contributed by atoms with Gasteiger partial charge in [-0.05, 0) is 96.2 Å². The Labute approximate surface area is 270 Å². The van der Waals surface area contributed by atoms with Crippen molar-refractivity contribution in [2.24, 2.45) is 0 Å². The number of nitrogens with one attached hydrogen (secondary N) is 1. The van der Waals surface area contributed by atoms with Crippen molar-refractivity contribution < 1.29 is 98.0 Å². The van der Waals surface area contributed by atoms with E-state index in [1.807, 2.05) is 0 Å². The van der Waals surface area contributed by atoms with Crippen molar-refractivity contribution in [1.82, 2.24) is 0 Å². The number of benzene rings is 2. The van der Waals surface area contributed by atoms with Crippen LogP contribution in [-0.2, 0) is 30.4 Å². The van der Waals surface area contributed by atoms with Crippen molar-refractivity contribution in [2.75, 3.05) is 11.5 Å². The first-order valence-corrected chi connectivity index (χ1v) is 14.4. The molecule has 0 aromatic heterocycles. The van der Waals surface area contributed by atoms with Crippen molar-refractivity contribution in [3.8, 4) is 0 Å². The van der Waals surface area contributed by atoms with Gasteiger partial charge in [-0.15, -0.1) is 0 Å². The maximum absolute atomic E-state index is 12.0. The maximum Gasteiger partial charge on any atom is 1.00 e. The van der Waals surface area contributed by atoms with Gasteiger partial charge in [-0.25, -0.2) is 16.8 Å². The largest absolute Gasteiger partial charge is 1.00 e. The Bertz CT molecular complexity index is 1720. The van der Waals surface area contributed by atoms with Crippen LogP contribution >= 0.6 is 0 Å². The summed E-state index contributed by atoms with van der Waals surface area (Å²) in [5, 5.41) is 8.03. The molecule has 0 fully saturated rings. The topological polar surface area (TPSA) is 245 Å². The Hall–Kier alpha value is -1.34. The van der Waals surface area contributed by atoms with Gasteiger partial charge >= 0.3 is 59.1 Å². The molecule has 1 aliphatic carbocycles. The van der Waals surface area contributed by atoms with Crippen molar-refractivity contribution in [3.05, 3.63) is 74.7 Å². The average molecular weight is 614 g/mol. The minimum absolute atomic E-state index is 0. The molecule has 2 aromatic carbocycles. The molecule has 6 N–H and O–H groups in total. The van der Waals surface area contributed by atoms with E-state index >= 15 is 0 Å². The second kappa shape index (κ2) is 12.3. The molecule has 0 amide bonds. The molecule has 0 spiro atoms. The zero-order valence-electron chi connectivity index (χ0n) is 21.6. The van der Waals surface area contributed by atoms with Crippen LogP contribution in [0.1, 0.15) is 29.2 Å². The number of hydrogen-bond acceptors (Lipinski definition) is 11. The zero-order chi connectivity index (χ0) is 28.2. The fraction of sp³-hybridized carbons (Fsp3) is 0.136. The summed E-state index contributed by atoms with van der Waals surface area (Å²) in [6.07, 6.45) is 2.26. The summed E-state index contributed by atoms with van der Waals surface area (Å²) in [7, 11) is -15.1. The quantitative estimate of drug-likeness (QED) is 0.143. The Morgan fingerprint density at radius 1 is 0.769 bits per heavy atom. The molecule has 2 aromatic rings. The molecule has 12 nitrogen and oxygen atoms in total. The second-order valence-corrected chi connectivity index (χ2v) is 12.4. The number of hydrogen-bond donors (Lipinski definition) is 4. The van der Waals surface area contributed by atoms with Gasteiger partial charge in [0.25, 0.3) is 10.1 Å². The summed E-state index contributed by atoms with van der Waals surface area (Å²) in [6.45, 7) is 4.20. The molecule has 0 radical (unpaired) electrons. The molecular formula is C22H21N3Na2O9S3. The molecule has 0 saturated heterocycles. The van der Waals surface area contributed by atoms with Gasteiger partial charge in [0.2, 0.25) is 0 Å². The smallest absolute Gasteiger partial charge is 0.744 e. The molecule has 39 heavy (non-hydrogen) atoms. The molecule has 3 rings (SSSR count). The summed E-state index contributed by atoms with van der Waals surface area (Å²) in [5.74, 6) is 0. The van der Waals surface area contributed by atoms with Crippen LogP contribution in [0.25, 0.3) is 5.57 Å². The van der Waals surface area contributed by atoms with Gasteiger partial charge in [-0.1, -0.05) is 0 Å². The van der Waals surface area contributed by atoms with Gasteiger partial charge in [0.1, 0.15) is 25.1 Å². The predicted octanol–water partition coefficient (Wildman–Crippen LogP) is -4.16. The third-order valence-corrected chi connectivity index (χ3v) is 8.31. The maximum atomic E-state index is 12.0. The SMILES string of the molecule is CC1=CC(=C(c2cc(C)c(N)c(S(=O)(=O)[O-])c2)c2cc(C)c(N)c(S(=O)(=O)[O-])c2)C=C(S(=O)(=O)O)C1=N.[Na+].[Na+]. The van der Waals surface area contributed by atoms with Crippen LogP contribution in [-0.4, -0.2) is 44.6 Å². The Balaban J connectivity index is 0.00000380. The summed E-state index contributed by atoms with van der Waals surface area (Å²) in [4.78, 5) is -2.35. The minimum Gasteiger partial charge on any atom is -0.744 e. The van der Waals surface area contributed by atoms with Crippen LogP contribution in [0, 0.1) is 19.3 Å². The molecule has 1 aliphatic rings. The van der Waals surface area contributed by atoms with Crippen LogP contribution in [0.15, 0.2) is 62.3 Å². The minimum atomic E-state index is -5.09. The summed E-state index contributed by atoms with van der Waals surface area (Å²) in [5.41, 5.74) is 10.7. The van der Waals surface area contributed by atoms with E-state index in [4.69, 9.17) is 16.9 Å². The number of nitrogens with two attached hydrogens (primary N) is 2. The van der Waals surface area contributed by atoms with E-state index in [-0.39, 0.29) is 109 Å². The number of allylic oxidation sites excluding steroid dienone is 5. The van der Waals surface area contributed by atoms with E-state index in [1.54, 1.807) is 0 Å². The molecule has 0 unspecified atom stereocenters. The normalized spacial score (nSPS) is 14.1. The number of rotatable bonds is 5. The number of anilines is 2. The average Bonchev–Trinajstić information content (AvgIpc) is 2.72. The molecule has 17 heteroatoms. The Morgan fingerprint density at radius 3 is 1.49 bits per heavy atom. The fourth-order valence-corrected chi connectivity index (χ4v) is 5.94.